The number of aryl methyl sites for hydroxylation is 1. The van der Waals surface area contributed by atoms with Crippen LogP contribution in [-0.2, 0) is 11.2 Å². The molecule has 1 amide bonds. The number of carbonyl (C=O) groups excluding carboxylic acids is 1. The molecular weight excluding hydrogens is 363 g/mol. The summed E-state index contributed by atoms with van der Waals surface area (Å²) in [7, 11) is 1.59. The lowest BCUT2D eigenvalue weighted by Crippen LogP contribution is -2.28. The minimum Gasteiger partial charge on any atom is -0.497 e. The van der Waals surface area contributed by atoms with Gasteiger partial charge in [-0.05, 0) is 36.4 Å². The van der Waals surface area contributed by atoms with Gasteiger partial charge in [-0.15, -0.1) is 0 Å². The maximum absolute atomic E-state index is 13.0. The Labute approximate surface area is 162 Å². The zero-order valence-electron chi connectivity index (χ0n) is 15.5. The maximum atomic E-state index is 13.0. The minimum atomic E-state index is -0.310. The number of hydrogen-bond donors (Lipinski definition) is 1. The van der Waals surface area contributed by atoms with Crippen LogP contribution < -0.4 is 14.8 Å². The minimum absolute atomic E-state index is 0.115. The van der Waals surface area contributed by atoms with Crippen molar-refractivity contribution in [2.24, 2.45) is 0 Å². The molecule has 0 fully saturated rings. The molecule has 0 aliphatic rings. The number of rotatable bonds is 9. The summed E-state index contributed by atoms with van der Waals surface area (Å²) in [5, 5.41) is 2.79. The molecule has 0 spiro atoms. The third-order valence-corrected chi connectivity index (χ3v) is 3.98. The second-order valence-corrected chi connectivity index (χ2v) is 6.00. The summed E-state index contributed by atoms with van der Waals surface area (Å²) in [5.74, 6) is 1.98. The molecule has 1 heterocycles. The van der Waals surface area contributed by atoms with E-state index in [-0.39, 0.29) is 18.1 Å². The molecule has 146 valence electrons. The standard InChI is InChI=1S/C21H21FN2O4/c1-26-17-3-2-4-18(13-17)27-12-11-23-20(25)9-10-21-24-14-19(28-21)15-5-7-16(22)8-6-15/h2-8,13-14H,9-12H2,1H3,(H,23,25). The van der Waals surface area contributed by atoms with Crippen LogP contribution in [0.2, 0.25) is 0 Å². The van der Waals surface area contributed by atoms with E-state index in [9.17, 15) is 9.18 Å². The number of ether oxygens (including phenoxy) is 2. The molecule has 0 aliphatic carbocycles. The Morgan fingerprint density at radius 1 is 1.18 bits per heavy atom. The fourth-order valence-corrected chi connectivity index (χ4v) is 2.53. The van der Waals surface area contributed by atoms with Gasteiger partial charge in [-0.2, -0.15) is 0 Å². The summed E-state index contributed by atoms with van der Waals surface area (Å²) in [4.78, 5) is 16.1. The molecule has 1 N–H and O–H groups in total. The molecule has 6 nitrogen and oxygen atoms in total. The van der Waals surface area contributed by atoms with Gasteiger partial charge < -0.3 is 19.2 Å². The molecule has 2 aromatic carbocycles. The Balaban J connectivity index is 1.38. The van der Waals surface area contributed by atoms with Crippen molar-refractivity contribution in [3.05, 3.63) is 66.4 Å². The monoisotopic (exact) mass is 384 g/mol. The van der Waals surface area contributed by atoms with E-state index in [1.165, 1.54) is 12.1 Å². The van der Waals surface area contributed by atoms with Gasteiger partial charge in [0.1, 0.15) is 23.9 Å². The van der Waals surface area contributed by atoms with E-state index in [0.717, 1.165) is 5.56 Å². The van der Waals surface area contributed by atoms with Crippen molar-refractivity contribution >= 4 is 5.91 Å². The molecule has 0 unspecified atom stereocenters. The third kappa shape index (κ3) is 5.57. The number of halogens is 1. The molecule has 0 radical (unpaired) electrons. The average molecular weight is 384 g/mol. The van der Waals surface area contributed by atoms with Crippen molar-refractivity contribution in [3.63, 3.8) is 0 Å². The molecule has 7 heteroatoms. The van der Waals surface area contributed by atoms with Crippen molar-refractivity contribution in [1.29, 1.82) is 0 Å². The first-order valence-corrected chi connectivity index (χ1v) is 8.88. The topological polar surface area (TPSA) is 73.6 Å². The number of methoxy groups -OCH3 is 1. The molecule has 0 saturated carbocycles. The van der Waals surface area contributed by atoms with Crippen LogP contribution in [0.15, 0.2) is 59.1 Å². The van der Waals surface area contributed by atoms with Crippen molar-refractivity contribution in [1.82, 2.24) is 10.3 Å². The molecule has 28 heavy (non-hydrogen) atoms. The van der Waals surface area contributed by atoms with Crippen LogP contribution in [0.25, 0.3) is 11.3 Å². The molecule has 0 saturated heterocycles. The molecule has 0 aliphatic heterocycles. The number of carbonyl (C=O) groups is 1. The Bertz CT molecular complexity index is 909. The number of nitrogens with zero attached hydrogens (tertiary/aromatic N) is 1. The molecule has 3 aromatic rings. The van der Waals surface area contributed by atoms with E-state index in [1.54, 1.807) is 31.5 Å². The highest BCUT2D eigenvalue weighted by Crippen LogP contribution is 2.21. The zero-order chi connectivity index (χ0) is 19.8. The van der Waals surface area contributed by atoms with E-state index in [0.29, 0.717) is 42.7 Å². The summed E-state index contributed by atoms with van der Waals surface area (Å²) in [6, 6.07) is 13.2. The predicted molar refractivity (Wildman–Crippen MR) is 102 cm³/mol. The number of benzene rings is 2. The molecule has 1 aromatic heterocycles. The van der Waals surface area contributed by atoms with Crippen LogP contribution in [0.4, 0.5) is 4.39 Å². The summed E-state index contributed by atoms with van der Waals surface area (Å²) < 4.78 is 29.3. The van der Waals surface area contributed by atoms with Crippen LogP contribution in [0.3, 0.4) is 0 Å². The van der Waals surface area contributed by atoms with Crippen LogP contribution in [0.1, 0.15) is 12.3 Å². The van der Waals surface area contributed by atoms with Crippen LogP contribution in [0.5, 0.6) is 11.5 Å². The highest BCUT2D eigenvalue weighted by molar-refractivity contribution is 5.76. The summed E-state index contributed by atoms with van der Waals surface area (Å²) in [6.45, 7) is 0.745. The molecule has 0 bridgehead atoms. The Morgan fingerprint density at radius 3 is 2.75 bits per heavy atom. The maximum Gasteiger partial charge on any atom is 0.220 e. The number of oxazole rings is 1. The van der Waals surface area contributed by atoms with Crippen LogP contribution in [-0.4, -0.2) is 31.2 Å². The summed E-state index contributed by atoms with van der Waals surface area (Å²) in [5.41, 5.74) is 0.735. The number of hydrogen-bond acceptors (Lipinski definition) is 5. The van der Waals surface area contributed by atoms with E-state index < -0.39 is 0 Å². The van der Waals surface area contributed by atoms with Gasteiger partial charge >= 0.3 is 0 Å². The highest BCUT2D eigenvalue weighted by Gasteiger charge is 2.09. The van der Waals surface area contributed by atoms with Crippen LogP contribution >= 0.6 is 0 Å². The Hall–Kier alpha value is -3.35. The van der Waals surface area contributed by atoms with E-state index in [1.807, 2.05) is 18.2 Å². The van der Waals surface area contributed by atoms with Gasteiger partial charge in [0.25, 0.3) is 0 Å². The fourth-order valence-electron chi connectivity index (χ4n) is 2.53. The van der Waals surface area contributed by atoms with E-state index >= 15 is 0 Å². The third-order valence-electron chi connectivity index (χ3n) is 3.98. The molecular formula is C21H21FN2O4. The second-order valence-electron chi connectivity index (χ2n) is 6.00. The van der Waals surface area contributed by atoms with Gasteiger partial charge in [0, 0.05) is 24.5 Å². The second kappa shape index (κ2) is 9.55. The van der Waals surface area contributed by atoms with Gasteiger partial charge in [0.15, 0.2) is 11.7 Å². The molecule has 0 atom stereocenters. The quantitative estimate of drug-likeness (QED) is 0.571. The first-order chi connectivity index (χ1) is 13.6. The highest BCUT2D eigenvalue weighted by atomic mass is 19.1. The lowest BCUT2D eigenvalue weighted by atomic mass is 10.2. The summed E-state index contributed by atoms with van der Waals surface area (Å²) >= 11 is 0. The van der Waals surface area contributed by atoms with E-state index in [2.05, 4.69) is 10.3 Å². The average Bonchev–Trinajstić information content (AvgIpc) is 3.19. The van der Waals surface area contributed by atoms with Gasteiger partial charge in [-0.1, -0.05) is 6.07 Å². The van der Waals surface area contributed by atoms with Gasteiger partial charge in [-0.25, -0.2) is 9.37 Å². The largest absolute Gasteiger partial charge is 0.497 e. The van der Waals surface area contributed by atoms with E-state index in [4.69, 9.17) is 13.9 Å². The Morgan fingerprint density at radius 2 is 1.96 bits per heavy atom. The first-order valence-electron chi connectivity index (χ1n) is 8.88. The first kappa shape index (κ1) is 19.4. The summed E-state index contributed by atoms with van der Waals surface area (Å²) in [6.07, 6.45) is 2.20. The number of nitrogens with one attached hydrogen (secondary N) is 1. The normalized spacial score (nSPS) is 10.5. The number of amides is 1. The predicted octanol–water partition coefficient (Wildman–Crippen LogP) is 3.62. The van der Waals surface area contributed by atoms with Gasteiger partial charge in [-0.3, -0.25) is 4.79 Å². The lowest BCUT2D eigenvalue weighted by Gasteiger charge is -2.08. The van der Waals surface area contributed by atoms with Crippen molar-refractivity contribution in [2.45, 2.75) is 12.8 Å². The SMILES string of the molecule is COc1cccc(OCCNC(=O)CCc2ncc(-c3ccc(F)cc3)o2)c1. The van der Waals surface area contributed by atoms with Gasteiger partial charge in [0.2, 0.25) is 5.91 Å². The Kier molecular flexibility index (Phi) is 6.62. The number of aromatic nitrogens is 1. The van der Waals surface area contributed by atoms with Crippen LogP contribution in [0, 0.1) is 5.82 Å². The van der Waals surface area contributed by atoms with Crippen molar-refractivity contribution in [2.75, 3.05) is 20.3 Å². The fraction of sp³-hybridized carbons (Fsp3) is 0.238. The van der Waals surface area contributed by atoms with Crippen molar-refractivity contribution < 1.29 is 23.1 Å². The smallest absolute Gasteiger partial charge is 0.220 e. The van der Waals surface area contributed by atoms with Gasteiger partial charge in [0.05, 0.1) is 19.9 Å². The zero-order valence-corrected chi connectivity index (χ0v) is 15.5. The van der Waals surface area contributed by atoms with Crippen molar-refractivity contribution in [3.8, 4) is 22.8 Å². The molecule has 3 rings (SSSR count). The lowest BCUT2D eigenvalue weighted by molar-refractivity contribution is -0.121.